The molecule has 0 saturated carbocycles. The summed E-state index contributed by atoms with van der Waals surface area (Å²) < 4.78 is 5.58. The minimum Gasteiger partial charge on any atom is -0.449 e. The third kappa shape index (κ3) is 3.76. The Bertz CT molecular complexity index is 721. The number of amides is 1. The van der Waals surface area contributed by atoms with E-state index in [0.29, 0.717) is 6.61 Å². The summed E-state index contributed by atoms with van der Waals surface area (Å²) in [5.74, 6) is 0.101. The van der Waals surface area contributed by atoms with Crippen molar-refractivity contribution in [1.82, 2.24) is 5.32 Å². The molecule has 0 saturated heterocycles. The number of alkyl carbamates (subject to hydrolysis) is 1. The van der Waals surface area contributed by atoms with Crippen LogP contribution >= 0.6 is 0 Å². The molecule has 0 spiro atoms. The Hall–Kier alpha value is -2.55. The molecule has 1 unspecified atom stereocenters. The molecule has 0 heterocycles. The van der Waals surface area contributed by atoms with Crippen LogP contribution in [0.25, 0.3) is 11.1 Å². The average Bonchev–Trinajstić information content (AvgIpc) is 2.94. The molecule has 3 rings (SSSR count). The second-order valence-electron chi connectivity index (χ2n) is 6.39. The summed E-state index contributed by atoms with van der Waals surface area (Å²) in [6.45, 7) is 4.42. The Morgan fingerprint density at radius 1 is 1.12 bits per heavy atom. The maximum absolute atomic E-state index is 12.2. The molecule has 2 aromatic carbocycles. The van der Waals surface area contributed by atoms with E-state index in [1.54, 1.807) is 0 Å². The van der Waals surface area contributed by atoms with Gasteiger partial charge >= 0.3 is 6.09 Å². The molecular weight excluding hydrogens is 310 g/mol. The second kappa shape index (κ2) is 8.02. The number of carbonyl (C=O) groups is 1. The molecule has 1 N–H and O–H groups in total. The fourth-order valence-electron chi connectivity index (χ4n) is 3.55. The smallest absolute Gasteiger partial charge is 0.407 e. The van der Waals surface area contributed by atoms with E-state index >= 15 is 0 Å². The SMILES string of the molecule is CC=CC(CCC)NC(=O)OCC1c2ccccc2-c2ccccc21. The fourth-order valence-corrected chi connectivity index (χ4v) is 3.55. The molecule has 0 bridgehead atoms. The molecule has 1 amide bonds. The van der Waals surface area contributed by atoms with E-state index in [-0.39, 0.29) is 18.1 Å². The van der Waals surface area contributed by atoms with Gasteiger partial charge in [0.05, 0.1) is 6.04 Å². The summed E-state index contributed by atoms with van der Waals surface area (Å²) >= 11 is 0. The number of carbonyl (C=O) groups excluding carboxylic acids is 1. The van der Waals surface area contributed by atoms with Crippen LogP contribution in [0.15, 0.2) is 60.7 Å². The van der Waals surface area contributed by atoms with Crippen LogP contribution in [0, 0.1) is 0 Å². The monoisotopic (exact) mass is 335 g/mol. The van der Waals surface area contributed by atoms with Crippen molar-refractivity contribution in [2.45, 2.75) is 38.6 Å². The largest absolute Gasteiger partial charge is 0.449 e. The zero-order valence-corrected chi connectivity index (χ0v) is 14.9. The number of hydrogen-bond acceptors (Lipinski definition) is 2. The summed E-state index contributed by atoms with van der Waals surface area (Å²) in [6, 6.07) is 16.8. The van der Waals surface area contributed by atoms with Gasteiger partial charge in [0.1, 0.15) is 6.61 Å². The van der Waals surface area contributed by atoms with Crippen LogP contribution < -0.4 is 5.32 Å². The maximum Gasteiger partial charge on any atom is 0.407 e. The highest BCUT2D eigenvalue weighted by Gasteiger charge is 2.29. The standard InChI is InChI=1S/C22H25NO2/c1-3-9-16(10-4-2)23-22(24)25-15-21-19-13-7-5-11-17(19)18-12-6-8-14-20(18)21/h3,5-9,11-14,16,21H,4,10,15H2,1-2H3,(H,23,24). The van der Waals surface area contributed by atoms with E-state index in [4.69, 9.17) is 4.74 Å². The van der Waals surface area contributed by atoms with Crippen LogP contribution in [0.2, 0.25) is 0 Å². The van der Waals surface area contributed by atoms with E-state index in [1.807, 2.05) is 31.2 Å². The van der Waals surface area contributed by atoms with Gasteiger partial charge < -0.3 is 10.1 Å². The Labute approximate surface area is 149 Å². The van der Waals surface area contributed by atoms with Gasteiger partial charge in [0.15, 0.2) is 0 Å². The summed E-state index contributed by atoms with van der Waals surface area (Å²) in [4.78, 5) is 12.2. The number of rotatable bonds is 6. The Morgan fingerprint density at radius 2 is 1.72 bits per heavy atom. The topological polar surface area (TPSA) is 38.3 Å². The van der Waals surface area contributed by atoms with Gasteiger partial charge in [0.2, 0.25) is 0 Å². The van der Waals surface area contributed by atoms with Crippen molar-refractivity contribution < 1.29 is 9.53 Å². The molecular formula is C22H25NO2. The molecule has 0 aromatic heterocycles. The lowest BCUT2D eigenvalue weighted by Crippen LogP contribution is -2.34. The van der Waals surface area contributed by atoms with E-state index in [9.17, 15) is 4.79 Å². The first-order valence-corrected chi connectivity index (χ1v) is 8.99. The minimum atomic E-state index is -0.349. The van der Waals surface area contributed by atoms with Gasteiger partial charge in [-0.15, -0.1) is 0 Å². The number of hydrogen-bond donors (Lipinski definition) is 1. The number of fused-ring (bicyclic) bond motifs is 3. The van der Waals surface area contributed by atoms with Gasteiger partial charge in [-0.2, -0.15) is 0 Å². The number of benzene rings is 2. The first-order valence-electron chi connectivity index (χ1n) is 8.99. The van der Waals surface area contributed by atoms with Gasteiger partial charge in [-0.25, -0.2) is 4.79 Å². The number of allylic oxidation sites excluding steroid dienone is 1. The fraction of sp³-hybridized carbons (Fsp3) is 0.318. The van der Waals surface area contributed by atoms with Gasteiger partial charge in [-0.1, -0.05) is 74.0 Å². The average molecular weight is 335 g/mol. The van der Waals surface area contributed by atoms with Crippen LogP contribution in [0.5, 0.6) is 0 Å². The third-order valence-electron chi connectivity index (χ3n) is 4.67. The zero-order valence-electron chi connectivity index (χ0n) is 14.9. The molecule has 0 fully saturated rings. The molecule has 1 atom stereocenters. The van der Waals surface area contributed by atoms with Gasteiger partial charge in [-0.3, -0.25) is 0 Å². The molecule has 2 aromatic rings. The zero-order chi connectivity index (χ0) is 17.6. The predicted octanol–water partition coefficient (Wildman–Crippen LogP) is 5.27. The molecule has 3 heteroatoms. The molecule has 3 nitrogen and oxygen atoms in total. The lowest BCUT2D eigenvalue weighted by molar-refractivity contribution is 0.140. The molecule has 130 valence electrons. The van der Waals surface area contributed by atoms with E-state index in [0.717, 1.165) is 12.8 Å². The van der Waals surface area contributed by atoms with Crippen LogP contribution in [0.4, 0.5) is 4.79 Å². The third-order valence-corrected chi connectivity index (χ3v) is 4.67. The van der Waals surface area contributed by atoms with Crippen LogP contribution in [-0.2, 0) is 4.74 Å². The van der Waals surface area contributed by atoms with Crippen molar-refractivity contribution in [1.29, 1.82) is 0 Å². The number of nitrogens with one attached hydrogen (secondary N) is 1. The molecule has 1 aliphatic rings. The van der Waals surface area contributed by atoms with Crippen molar-refractivity contribution in [3.63, 3.8) is 0 Å². The normalized spacial score (nSPS) is 14.2. The van der Waals surface area contributed by atoms with Gasteiger partial charge in [0.25, 0.3) is 0 Å². The van der Waals surface area contributed by atoms with E-state index < -0.39 is 0 Å². The first kappa shape index (κ1) is 17.3. The van der Waals surface area contributed by atoms with Gasteiger partial charge in [0, 0.05) is 5.92 Å². The predicted molar refractivity (Wildman–Crippen MR) is 102 cm³/mol. The Balaban J connectivity index is 1.70. The van der Waals surface area contributed by atoms with Crippen molar-refractivity contribution in [3.05, 3.63) is 71.8 Å². The molecule has 0 radical (unpaired) electrons. The van der Waals surface area contributed by atoms with Crippen molar-refractivity contribution in [2.24, 2.45) is 0 Å². The molecule has 1 aliphatic carbocycles. The Kier molecular flexibility index (Phi) is 5.54. The first-order chi connectivity index (χ1) is 12.2. The van der Waals surface area contributed by atoms with Crippen molar-refractivity contribution in [3.8, 4) is 11.1 Å². The van der Waals surface area contributed by atoms with Crippen LogP contribution in [-0.4, -0.2) is 18.7 Å². The highest BCUT2D eigenvalue weighted by Crippen LogP contribution is 2.44. The lowest BCUT2D eigenvalue weighted by atomic mass is 9.98. The van der Waals surface area contributed by atoms with Gasteiger partial charge in [-0.05, 0) is 35.6 Å². The maximum atomic E-state index is 12.2. The highest BCUT2D eigenvalue weighted by atomic mass is 16.5. The molecule has 25 heavy (non-hydrogen) atoms. The number of ether oxygens (including phenoxy) is 1. The van der Waals surface area contributed by atoms with Crippen molar-refractivity contribution in [2.75, 3.05) is 6.61 Å². The van der Waals surface area contributed by atoms with Crippen molar-refractivity contribution >= 4 is 6.09 Å². The highest BCUT2D eigenvalue weighted by molar-refractivity contribution is 5.79. The van der Waals surface area contributed by atoms with Crippen LogP contribution in [0.1, 0.15) is 43.7 Å². The quantitative estimate of drug-likeness (QED) is 0.730. The van der Waals surface area contributed by atoms with E-state index in [2.05, 4.69) is 48.6 Å². The second-order valence-corrected chi connectivity index (χ2v) is 6.39. The van der Waals surface area contributed by atoms with E-state index in [1.165, 1.54) is 22.3 Å². The van der Waals surface area contributed by atoms with Crippen LogP contribution in [0.3, 0.4) is 0 Å². The summed E-state index contributed by atoms with van der Waals surface area (Å²) in [7, 11) is 0. The molecule has 0 aliphatic heterocycles. The summed E-state index contributed by atoms with van der Waals surface area (Å²) in [5.41, 5.74) is 4.94. The minimum absolute atomic E-state index is 0.0330. The summed E-state index contributed by atoms with van der Waals surface area (Å²) in [6.07, 6.45) is 5.54. The Morgan fingerprint density at radius 3 is 2.28 bits per heavy atom. The summed E-state index contributed by atoms with van der Waals surface area (Å²) in [5, 5.41) is 2.94. The lowest BCUT2D eigenvalue weighted by Gasteiger charge is -2.17.